The van der Waals surface area contributed by atoms with Crippen molar-refractivity contribution < 1.29 is 4.39 Å². The lowest BCUT2D eigenvalue weighted by molar-refractivity contribution is 0.180. The Bertz CT molecular complexity index is 598. The van der Waals surface area contributed by atoms with Crippen LogP contribution in [-0.2, 0) is 6.54 Å². The van der Waals surface area contributed by atoms with Crippen molar-refractivity contribution in [1.29, 1.82) is 0 Å². The van der Waals surface area contributed by atoms with E-state index < -0.39 is 0 Å². The second-order valence-electron chi connectivity index (χ2n) is 5.38. The van der Waals surface area contributed by atoms with Crippen molar-refractivity contribution in [2.45, 2.75) is 31.5 Å². The van der Waals surface area contributed by atoms with Gasteiger partial charge in [0, 0.05) is 29.6 Å². The summed E-state index contributed by atoms with van der Waals surface area (Å²) in [4.78, 5) is 3.60. The van der Waals surface area contributed by atoms with Crippen LogP contribution < -0.4 is 5.73 Å². The van der Waals surface area contributed by atoms with Gasteiger partial charge in [-0.05, 0) is 30.4 Å². The molecule has 5 heteroatoms. The molecule has 112 valence electrons. The standard InChI is InChI=1S/C16H18ClFN2S/c17-14-5-1-4-13(16(14)18)15(9-19)20(11-6-7-11)10-12-3-2-8-21-12/h1-5,8,11,15H,6-7,9-10,19H2. The van der Waals surface area contributed by atoms with Gasteiger partial charge in [-0.1, -0.05) is 29.8 Å². The fraction of sp³-hybridized carbons (Fsp3) is 0.375. The van der Waals surface area contributed by atoms with Gasteiger partial charge in [-0.3, -0.25) is 4.90 Å². The van der Waals surface area contributed by atoms with E-state index in [0.29, 0.717) is 18.2 Å². The molecule has 1 atom stereocenters. The first kappa shape index (κ1) is 15.0. The van der Waals surface area contributed by atoms with Crippen LogP contribution in [-0.4, -0.2) is 17.5 Å². The Kier molecular flexibility index (Phi) is 4.60. The van der Waals surface area contributed by atoms with E-state index >= 15 is 0 Å². The summed E-state index contributed by atoms with van der Waals surface area (Å²) < 4.78 is 14.4. The molecular weight excluding hydrogens is 307 g/mol. The lowest BCUT2D eigenvalue weighted by atomic mass is 10.0. The lowest BCUT2D eigenvalue weighted by Crippen LogP contribution is -2.35. The van der Waals surface area contributed by atoms with Crippen LogP contribution in [0.15, 0.2) is 35.7 Å². The van der Waals surface area contributed by atoms with Gasteiger partial charge in [0.15, 0.2) is 0 Å². The van der Waals surface area contributed by atoms with Crippen molar-refractivity contribution in [3.8, 4) is 0 Å². The highest BCUT2D eigenvalue weighted by molar-refractivity contribution is 7.09. The third-order valence-electron chi connectivity index (χ3n) is 3.90. The van der Waals surface area contributed by atoms with E-state index in [1.54, 1.807) is 29.5 Å². The first-order chi connectivity index (χ1) is 10.2. The first-order valence-corrected chi connectivity index (χ1v) is 8.38. The van der Waals surface area contributed by atoms with E-state index in [-0.39, 0.29) is 16.9 Å². The quantitative estimate of drug-likeness (QED) is 0.862. The average Bonchev–Trinajstić information content (AvgIpc) is 3.20. The van der Waals surface area contributed by atoms with Gasteiger partial charge in [0.25, 0.3) is 0 Å². The molecule has 1 aromatic heterocycles. The van der Waals surface area contributed by atoms with Crippen LogP contribution in [0.1, 0.15) is 29.3 Å². The molecule has 0 saturated heterocycles. The Morgan fingerprint density at radius 1 is 1.33 bits per heavy atom. The lowest BCUT2D eigenvalue weighted by Gasteiger charge is -2.31. The molecule has 1 heterocycles. The fourth-order valence-corrected chi connectivity index (χ4v) is 3.60. The number of benzene rings is 1. The van der Waals surface area contributed by atoms with Crippen molar-refractivity contribution >= 4 is 22.9 Å². The molecule has 1 aliphatic rings. The summed E-state index contributed by atoms with van der Waals surface area (Å²) >= 11 is 7.65. The SMILES string of the molecule is NCC(c1cccc(Cl)c1F)N(Cc1cccs1)C1CC1. The van der Waals surface area contributed by atoms with Crippen molar-refractivity contribution in [3.05, 3.63) is 57.0 Å². The predicted molar refractivity (Wildman–Crippen MR) is 86.1 cm³/mol. The molecule has 1 saturated carbocycles. The van der Waals surface area contributed by atoms with Gasteiger partial charge in [0.2, 0.25) is 0 Å². The fourth-order valence-electron chi connectivity index (χ4n) is 2.70. The summed E-state index contributed by atoms with van der Waals surface area (Å²) in [5, 5.41) is 2.23. The van der Waals surface area contributed by atoms with Gasteiger partial charge < -0.3 is 5.73 Å². The summed E-state index contributed by atoms with van der Waals surface area (Å²) in [6.07, 6.45) is 2.31. The molecule has 3 rings (SSSR count). The topological polar surface area (TPSA) is 29.3 Å². The molecule has 2 N–H and O–H groups in total. The van der Waals surface area contributed by atoms with Crippen LogP contribution in [0.3, 0.4) is 0 Å². The molecule has 21 heavy (non-hydrogen) atoms. The Hall–Kier alpha value is -0.940. The van der Waals surface area contributed by atoms with Crippen molar-refractivity contribution in [1.82, 2.24) is 4.90 Å². The summed E-state index contributed by atoms with van der Waals surface area (Å²) in [6.45, 7) is 1.20. The number of hydrogen-bond donors (Lipinski definition) is 1. The van der Waals surface area contributed by atoms with Crippen LogP contribution in [0.25, 0.3) is 0 Å². The summed E-state index contributed by atoms with van der Waals surface area (Å²) in [5.41, 5.74) is 6.58. The minimum atomic E-state index is -0.341. The highest BCUT2D eigenvalue weighted by Gasteiger charge is 2.35. The Balaban J connectivity index is 1.90. The summed E-state index contributed by atoms with van der Waals surface area (Å²) in [5.74, 6) is -0.341. The number of hydrogen-bond acceptors (Lipinski definition) is 3. The molecule has 2 nitrogen and oxygen atoms in total. The maximum atomic E-state index is 14.4. The molecule has 0 spiro atoms. The second kappa shape index (κ2) is 6.44. The predicted octanol–water partition coefficient (Wildman–Crippen LogP) is 4.21. The minimum Gasteiger partial charge on any atom is -0.329 e. The van der Waals surface area contributed by atoms with Crippen molar-refractivity contribution in [3.63, 3.8) is 0 Å². The molecular formula is C16H18ClFN2S. The van der Waals surface area contributed by atoms with Gasteiger partial charge in [0.1, 0.15) is 5.82 Å². The number of nitrogens with zero attached hydrogens (tertiary/aromatic N) is 1. The van der Waals surface area contributed by atoms with Gasteiger partial charge in [0.05, 0.1) is 11.1 Å². The van der Waals surface area contributed by atoms with Gasteiger partial charge in [-0.15, -0.1) is 11.3 Å². The largest absolute Gasteiger partial charge is 0.329 e. The van der Waals surface area contributed by atoms with E-state index in [4.69, 9.17) is 17.3 Å². The van der Waals surface area contributed by atoms with Crippen molar-refractivity contribution in [2.24, 2.45) is 5.73 Å². The second-order valence-corrected chi connectivity index (χ2v) is 6.82. The van der Waals surface area contributed by atoms with Crippen LogP contribution >= 0.6 is 22.9 Å². The monoisotopic (exact) mass is 324 g/mol. The van der Waals surface area contributed by atoms with E-state index in [0.717, 1.165) is 19.4 Å². The minimum absolute atomic E-state index is 0.127. The maximum absolute atomic E-state index is 14.4. The van der Waals surface area contributed by atoms with Crippen LogP contribution in [0.5, 0.6) is 0 Å². The molecule has 2 aromatic rings. The number of halogens is 2. The third kappa shape index (κ3) is 3.29. The Morgan fingerprint density at radius 2 is 2.14 bits per heavy atom. The smallest absolute Gasteiger partial charge is 0.146 e. The highest BCUT2D eigenvalue weighted by Crippen LogP contribution is 2.37. The van der Waals surface area contributed by atoms with Crippen LogP contribution in [0.4, 0.5) is 4.39 Å². The molecule has 1 aliphatic carbocycles. The molecule has 1 aromatic carbocycles. The van der Waals surface area contributed by atoms with Crippen molar-refractivity contribution in [2.75, 3.05) is 6.54 Å². The van der Waals surface area contributed by atoms with Gasteiger partial charge in [-0.25, -0.2) is 4.39 Å². The summed E-state index contributed by atoms with van der Waals surface area (Å²) in [6, 6.07) is 9.69. The first-order valence-electron chi connectivity index (χ1n) is 7.12. The Labute approximate surface area is 133 Å². The molecule has 1 fully saturated rings. The Morgan fingerprint density at radius 3 is 2.76 bits per heavy atom. The normalized spacial score (nSPS) is 16.4. The zero-order valence-corrected chi connectivity index (χ0v) is 13.2. The van der Waals surface area contributed by atoms with E-state index in [1.807, 2.05) is 6.07 Å². The third-order valence-corrected chi connectivity index (χ3v) is 5.05. The van der Waals surface area contributed by atoms with Crippen LogP contribution in [0.2, 0.25) is 5.02 Å². The van der Waals surface area contributed by atoms with Gasteiger partial charge >= 0.3 is 0 Å². The van der Waals surface area contributed by atoms with E-state index in [9.17, 15) is 4.39 Å². The number of rotatable bonds is 6. The molecule has 0 radical (unpaired) electrons. The zero-order valence-electron chi connectivity index (χ0n) is 11.6. The number of thiophene rings is 1. The van der Waals surface area contributed by atoms with E-state index in [1.165, 1.54) is 4.88 Å². The summed E-state index contributed by atoms with van der Waals surface area (Å²) in [7, 11) is 0. The maximum Gasteiger partial charge on any atom is 0.146 e. The van der Waals surface area contributed by atoms with Gasteiger partial charge in [-0.2, -0.15) is 0 Å². The molecule has 0 aliphatic heterocycles. The molecule has 1 unspecified atom stereocenters. The molecule has 0 amide bonds. The zero-order chi connectivity index (χ0) is 14.8. The van der Waals surface area contributed by atoms with Crippen LogP contribution in [0, 0.1) is 5.82 Å². The average molecular weight is 325 g/mol. The molecule has 0 bridgehead atoms. The van der Waals surface area contributed by atoms with E-state index in [2.05, 4.69) is 16.3 Å². The highest BCUT2D eigenvalue weighted by atomic mass is 35.5. The number of nitrogens with two attached hydrogens (primary N) is 1.